The Balaban J connectivity index is 2.77. The number of halogens is 2. The van der Waals surface area contributed by atoms with Crippen LogP contribution in [0.15, 0.2) is 28.7 Å². The number of carbonyl (C=O) groups excluding carboxylic acids is 2. The fourth-order valence-corrected chi connectivity index (χ4v) is 2.03. The lowest BCUT2D eigenvalue weighted by Crippen LogP contribution is -2.45. The number of ether oxygens (including phenoxy) is 2. The molecule has 0 radical (unpaired) electrons. The standard InChI is InChI=1S/C15H19BrClNO4/c1-15(2,3)22-14(20)18-12(13(19)21-9-17)8-10-4-6-11(16)7-5-10/h4-7,12H,8-9H2,1-3H3,(H,18,20)/t12-/m1/s1. The third-order valence-corrected chi connectivity index (χ3v) is 3.16. The van der Waals surface area contributed by atoms with Crippen LogP contribution in [0.25, 0.3) is 0 Å². The second-order valence-electron chi connectivity index (χ2n) is 5.60. The Morgan fingerprint density at radius 2 is 1.86 bits per heavy atom. The Kier molecular flexibility index (Phi) is 7.16. The Labute approximate surface area is 143 Å². The first-order chi connectivity index (χ1) is 10.2. The summed E-state index contributed by atoms with van der Waals surface area (Å²) in [4.78, 5) is 23.8. The van der Waals surface area contributed by atoms with Gasteiger partial charge in [-0.15, -0.1) is 0 Å². The second-order valence-corrected chi connectivity index (χ2v) is 6.74. The Morgan fingerprint density at radius 1 is 1.27 bits per heavy atom. The molecule has 1 N–H and O–H groups in total. The van der Waals surface area contributed by atoms with Gasteiger partial charge in [-0.05, 0) is 38.5 Å². The first-order valence-electron chi connectivity index (χ1n) is 6.68. The number of hydrogen-bond acceptors (Lipinski definition) is 4. The van der Waals surface area contributed by atoms with Crippen molar-refractivity contribution in [3.05, 3.63) is 34.3 Å². The van der Waals surface area contributed by atoms with E-state index in [1.165, 1.54) is 0 Å². The van der Waals surface area contributed by atoms with Gasteiger partial charge < -0.3 is 14.8 Å². The predicted molar refractivity (Wildman–Crippen MR) is 87.8 cm³/mol. The number of nitrogens with one attached hydrogen (secondary N) is 1. The molecule has 22 heavy (non-hydrogen) atoms. The van der Waals surface area contributed by atoms with E-state index in [0.717, 1.165) is 10.0 Å². The lowest BCUT2D eigenvalue weighted by Gasteiger charge is -2.22. The van der Waals surface area contributed by atoms with Gasteiger partial charge in [-0.1, -0.05) is 39.7 Å². The Morgan fingerprint density at radius 3 is 2.36 bits per heavy atom. The number of alkyl carbamates (subject to hydrolysis) is 1. The topological polar surface area (TPSA) is 64.6 Å². The van der Waals surface area contributed by atoms with Crippen LogP contribution in [0.5, 0.6) is 0 Å². The van der Waals surface area contributed by atoms with Gasteiger partial charge in [0.05, 0.1) is 0 Å². The fraction of sp³-hybridized carbons (Fsp3) is 0.467. The number of carbonyl (C=O) groups is 2. The number of amides is 1. The molecule has 1 amide bonds. The van der Waals surface area contributed by atoms with E-state index in [1.54, 1.807) is 20.8 Å². The van der Waals surface area contributed by atoms with Gasteiger partial charge in [0.25, 0.3) is 0 Å². The normalized spacial score (nSPS) is 12.4. The molecule has 0 unspecified atom stereocenters. The molecule has 0 bridgehead atoms. The third kappa shape index (κ3) is 7.13. The van der Waals surface area contributed by atoms with Gasteiger partial charge in [0, 0.05) is 10.9 Å². The molecular weight excluding hydrogens is 374 g/mol. The van der Waals surface area contributed by atoms with Crippen LogP contribution in [-0.2, 0) is 20.7 Å². The van der Waals surface area contributed by atoms with Crippen LogP contribution in [0, 0.1) is 0 Å². The van der Waals surface area contributed by atoms with Crippen molar-refractivity contribution in [1.82, 2.24) is 5.32 Å². The van der Waals surface area contributed by atoms with Crippen LogP contribution in [0.2, 0.25) is 0 Å². The minimum atomic E-state index is -0.866. The van der Waals surface area contributed by atoms with E-state index in [9.17, 15) is 9.59 Å². The summed E-state index contributed by atoms with van der Waals surface area (Å²) in [5.74, 6) is -0.608. The minimum absolute atomic E-state index is 0.272. The number of benzene rings is 1. The highest BCUT2D eigenvalue weighted by molar-refractivity contribution is 9.10. The van der Waals surface area contributed by atoms with E-state index < -0.39 is 23.7 Å². The lowest BCUT2D eigenvalue weighted by molar-refractivity contribution is -0.144. The molecule has 0 aliphatic rings. The summed E-state index contributed by atoms with van der Waals surface area (Å²) in [6.07, 6.45) is -0.400. The van der Waals surface area contributed by atoms with Gasteiger partial charge in [0.15, 0.2) is 6.07 Å². The Bertz CT molecular complexity index is 513. The van der Waals surface area contributed by atoms with Crippen LogP contribution >= 0.6 is 27.5 Å². The highest BCUT2D eigenvalue weighted by Crippen LogP contribution is 2.13. The van der Waals surface area contributed by atoms with Crippen molar-refractivity contribution in [3.8, 4) is 0 Å². The summed E-state index contributed by atoms with van der Waals surface area (Å²) < 4.78 is 10.9. The van der Waals surface area contributed by atoms with Gasteiger partial charge in [-0.3, -0.25) is 0 Å². The molecule has 5 nitrogen and oxygen atoms in total. The molecule has 0 aliphatic carbocycles. The molecule has 0 aromatic heterocycles. The van der Waals surface area contributed by atoms with Crippen LogP contribution < -0.4 is 5.32 Å². The molecule has 122 valence electrons. The number of esters is 1. The van der Waals surface area contributed by atoms with Crippen molar-refractivity contribution in [2.75, 3.05) is 6.07 Å². The van der Waals surface area contributed by atoms with E-state index in [2.05, 4.69) is 21.2 Å². The second kappa shape index (κ2) is 8.39. The summed E-state index contributed by atoms with van der Waals surface area (Å²) in [5.41, 5.74) is 0.221. The number of rotatable bonds is 5. The largest absolute Gasteiger partial charge is 0.448 e. The average molecular weight is 393 g/mol. The molecule has 0 heterocycles. The maximum absolute atomic E-state index is 11.9. The van der Waals surface area contributed by atoms with Gasteiger partial charge >= 0.3 is 12.1 Å². The summed E-state index contributed by atoms with van der Waals surface area (Å²) in [5, 5.41) is 2.52. The quantitative estimate of drug-likeness (QED) is 0.614. The number of hydrogen-bond donors (Lipinski definition) is 1. The summed E-state index contributed by atoms with van der Waals surface area (Å²) in [7, 11) is 0. The van der Waals surface area contributed by atoms with Crippen LogP contribution in [-0.4, -0.2) is 29.8 Å². The van der Waals surface area contributed by atoms with Gasteiger partial charge in [-0.2, -0.15) is 0 Å². The minimum Gasteiger partial charge on any atom is -0.448 e. The first kappa shape index (κ1) is 18.8. The highest BCUT2D eigenvalue weighted by atomic mass is 79.9. The zero-order chi connectivity index (χ0) is 16.8. The summed E-state index contributed by atoms with van der Waals surface area (Å²) >= 11 is 8.75. The van der Waals surface area contributed by atoms with Crippen molar-refractivity contribution in [1.29, 1.82) is 0 Å². The molecule has 0 aliphatic heterocycles. The maximum atomic E-state index is 11.9. The van der Waals surface area contributed by atoms with Gasteiger partial charge in [0.2, 0.25) is 0 Å². The van der Waals surface area contributed by atoms with Gasteiger partial charge in [0.1, 0.15) is 11.6 Å². The maximum Gasteiger partial charge on any atom is 0.408 e. The molecule has 1 aromatic carbocycles. The first-order valence-corrected chi connectivity index (χ1v) is 8.00. The average Bonchev–Trinajstić information content (AvgIpc) is 2.38. The van der Waals surface area contributed by atoms with Gasteiger partial charge in [-0.25, -0.2) is 9.59 Å². The van der Waals surface area contributed by atoms with Crippen molar-refractivity contribution in [2.45, 2.75) is 38.8 Å². The van der Waals surface area contributed by atoms with Crippen molar-refractivity contribution in [3.63, 3.8) is 0 Å². The van der Waals surface area contributed by atoms with Crippen molar-refractivity contribution >= 4 is 39.6 Å². The van der Waals surface area contributed by atoms with E-state index in [1.807, 2.05) is 24.3 Å². The van der Waals surface area contributed by atoms with E-state index in [-0.39, 0.29) is 12.5 Å². The smallest absolute Gasteiger partial charge is 0.408 e. The molecule has 0 saturated heterocycles. The molecule has 0 spiro atoms. The zero-order valence-electron chi connectivity index (χ0n) is 12.7. The van der Waals surface area contributed by atoms with Crippen LogP contribution in [0.3, 0.4) is 0 Å². The predicted octanol–water partition coefficient (Wildman–Crippen LogP) is 3.62. The van der Waals surface area contributed by atoms with Crippen molar-refractivity contribution < 1.29 is 19.1 Å². The molecule has 7 heteroatoms. The molecule has 0 saturated carbocycles. The molecule has 1 aromatic rings. The lowest BCUT2D eigenvalue weighted by atomic mass is 10.1. The SMILES string of the molecule is CC(C)(C)OC(=O)N[C@H](Cc1ccc(Br)cc1)C(=O)OCCl. The molecule has 1 atom stereocenters. The van der Waals surface area contributed by atoms with E-state index in [4.69, 9.17) is 21.1 Å². The van der Waals surface area contributed by atoms with E-state index >= 15 is 0 Å². The van der Waals surface area contributed by atoms with Crippen LogP contribution in [0.1, 0.15) is 26.3 Å². The third-order valence-electron chi connectivity index (χ3n) is 2.53. The van der Waals surface area contributed by atoms with E-state index in [0.29, 0.717) is 0 Å². The molecular formula is C15H19BrClNO4. The monoisotopic (exact) mass is 391 g/mol. The number of alkyl halides is 1. The van der Waals surface area contributed by atoms with Crippen LogP contribution in [0.4, 0.5) is 4.79 Å². The molecule has 1 rings (SSSR count). The van der Waals surface area contributed by atoms with Crippen molar-refractivity contribution in [2.24, 2.45) is 0 Å². The highest BCUT2D eigenvalue weighted by Gasteiger charge is 2.25. The zero-order valence-corrected chi connectivity index (χ0v) is 15.0. The Hall–Kier alpha value is -1.27. The summed E-state index contributed by atoms with van der Waals surface area (Å²) in [6.45, 7) is 5.23. The fourth-order valence-electron chi connectivity index (χ4n) is 1.65. The summed E-state index contributed by atoms with van der Waals surface area (Å²) in [6, 6.07) is 6.27. The molecule has 0 fully saturated rings.